The van der Waals surface area contributed by atoms with Crippen molar-refractivity contribution in [1.82, 2.24) is 4.98 Å². The number of rotatable bonds is 1. The lowest BCUT2D eigenvalue weighted by molar-refractivity contribution is 0.638. The standard InChI is InChI=1S/C12H9FN2/c1-8(5-14)10-7-15-6-9-3-2-4-11(13)12(9)10/h2-4,6-8H,1H3. The zero-order valence-electron chi connectivity index (χ0n) is 8.24. The van der Waals surface area contributed by atoms with Gasteiger partial charge in [0.25, 0.3) is 0 Å². The Morgan fingerprint density at radius 3 is 2.93 bits per heavy atom. The summed E-state index contributed by atoms with van der Waals surface area (Å²) in [5, 5.41) is 10.1. The van der Waals surface area contributed by atoms with E-state index in [1.807, 2.05) is 0 Å². The zero-order chi connectivity index (χ0) is 10.8. The predicted octanol–water partition coefficient (Wildman–Crippen LogP) is 3.00. The van der Waals surface area contributed by atoms with Crippen molar-refractivity contribution in [3.8, 4) is 6.07 Å². The van der Waals surface area contributed by atoms with Crippen LogP contribution in [0.25, 0.3) is 10.8 Å². The SMILES string of the molecule is CC(C#N)c1cncc2cccc(F)c12. The Hall–Kier alpha value is -1.95. The maximum Gasteiger partial charge on any atom is 0.131 e. The normalized spacial score (nSPS) is 12.3. The van der Waals surface area contributed by atoms with E-state index in [-0.39, 0.29) is 11.7 Å². The molecule has 2 aromatic rings. The molecule has 0 radical (unpaired) electrons. The summed E-state index contributed by atoms with van der Waals surface area (Å²) < 4.78 is 13.6. The van der Waals surface area contributed by atoms with Crippen molar-refractivity contribution in [3.63, 3.8) is 0 Å². The summed E-state index contributed by atoms with van der Waals surface area (Å²) in [6.45, 7) is 1.74. The van der Waals surface area contributed by atoms with Crippen LogP contribution in [0, 0.1) is 17.1 Å². The second-order valence-corrected chi connectivity index (χ2v) is 3.42. The maximum absolute atomic E-state index is 13.6. The molecular weight excluding hydrogens is 191 g/mol. The van der Waals surface area contributed by atoms with Gasteiger partial charge in [0.15, 0.2) is 0 Å². The van der Waals surface area contributed by atoms with Gasteiger partial charge in [-0.25, -0.2) is 4.39 Å². The highest BCUT2D eigenvalue weighted by Gasteiger charge is 2.11. The lowest BCUT2D eigenvalue weighted by Crippen LogP contribution is -1.94. The molecule has 0 saturated heterocycles. The van der Waals surface area contributed by atoms with Crippen molar-refractivity contribution in [2.45, 2.75) is 12.8 Å². The van der Waals surface area contributed by atoms with Crippen molar-refractivity contribution in [1.29, 1.82) is 5.26 Å². The van der Waals surface area contributed by atoms with Gasteiger partial charge in [0.1, 0.15) is 5.82 Å². The van der Waals surface area contributed by atoms with Gasteiger partial charge in [0.05, 0.1) is 12.0 Å². The fourth-order valence-electron chi connectivity index (χ4n) is 1.61. The number of hydrogen-bond donors (Lipinski definition) is 0. The zero-order valence-corrected chi connectivity index (χ0v) is 8.24. The quantitative estimate of drug-likeness (QED) is 0.709. The van der Waals surface area contributed by atoms with Crippen LogP contribution >= 0.6 is 0 Å². The molecule has 0 amide bonds. The van der Waals surface area contributed by atoms with Crippen LogP contribution in [0.2, 0.25) is 0 Å². The summed E-state index contributed by atoms with van der Waals surface area (Å²) in [7, 11) is 0. The van der Waals surface area contributed by atoms with E-state index in [1.54, 1.807) is 31.5 Å². The van der Waals surface area contributed by atoms with Gasteiger partial charge in [-0.15, -0.1) is 0 Å². The Bertz CT molecular complexity index is 538. The lowest BCUT2D eigenvalue weighted by Gasteiger charge is -2.07. The van der Waals surface area contributed by atoms with Crippen LogP contribution in [-0.4, -0.2) is 4.98 Å². The van der Waals surface area contributed by atoms with Gasteiger partial charge in [-0.2, -0.15) is 5.26 Å². The Morgan fingerprint density at radius 1 is 1.40 bits per heavy atom. The average molecular weight is 200 g/mol. The lowest BCUT2D eigenvalue weighted by atomic mass is 9.98. The average Bonchev–Trinajstić information content (AvgIpc) is 2.28. The molecule has 0 bridgehead atoms. The van der Waals surface area contributed by atoms with Gasteiger partial charge in [0, 0.05) is 23.2 Å². The van der Waals surface area contributed by atoms with Gasteiger partial charge in [-0.1, -0.05) is 12.1 Å². The number of fused-ring (bicyclic) bond motifs is 1. The van der Waals surface area contributed by atoms with Crippen LogP contribution in [0.1, 0.15) is 18.4 Å². The van der Waals surface area contributed by atoms with Crippen molar-refractivity contribution >= 4 is 10.8 Å². The molecule has 2 rings (SSSR count). The molecule has 0 aliphatic rings. The van der Waals surface area contributed by atoms with Gasteiger partial charge in [-0.05, 0) is 18.6 Å². The molecule has 0 spiro atoms. The van der Waals surface area contributed by atoms with E-state index in [0.717, 1.165) is 5.39 Å². The third-order valence-corrected chi connectivity index (χ3v) is 2.42. The van der Waals surface area contributed by atoms with Crippen molar-refractivity contribution in [2.75, 3.05) is 0 Å². The van der Waals surface area contributed by atoms with E-state index in [9.17, 15) is 4.39 Å². The predicted molar refractivity (Wildman–Crippen MR) is 55.7 cm³/mol. The Balaban J connectivity index is 2.81. The largest absolute Gasteiger partial charge is 0.264 e. The Labute approximate surface area is 87.0 Å². The highest BCUT2D eigenvalue weighted by atomic mass is 19.1. The topological polar surface area (TPSA) is 36.7 Å². The minimum Gasteiger partial charge on any atom is -0.264 e. The summed E-state index contributed by atoms with van der Waals surface area (Å²) in [5.41, 5.74) is 0.646. The van der Waals surface area contributed by atoms with Crippen molar-refractivity contribution < 1.29 is 4.39 Å². The molecule has 0 N–H and O–H groups in total. The first kappa shape index (κ1) is 9.60. The second-order valence-electron chi connectivity index (χ2n) is 3.42. The van der Waals surface area contributed by atoms with E-state index in [0.29, 0.717) is 10.9 Å². The van der Waals surface area contributed by atoms with Gasteiger partial charge >= 0.3 is 0 Å². The van der Waals surface area contributed by atoms with Gasteiger partial charge < -0.3 is 0 Å². The molecular formula is C12H9FN2. The van der Waals surface area contributed by atoms with E-state index < -0.39 is 0 Å². The molecule has 1 heterocycles. The van der Waals surface area contributed by atoms with Gasteiger partial charge in [-0.3, -0.25) is 4.98 Å². The molecule has 1 unspecified atom stereocenters. The Kier molecular flexibility index (Phi) is 2.34. The van der Waals surface area contributed by atoms with Crippen LogP contribution in [0.15, 0.2) is 30.6 Å². The van der Waals surface area contributed by atoms with Crippen LogP contribution in [-0.2, 0) is 0 Å². The molecule has 1 aromatic carbocycles. The summed E-state index contributed by atoms with van der Waals surface area (Å²) in [6.07, 6.45) is 3.16. The number of aromatic nitrogens is 1. The molecule has 0 aliphatic carbocycles. The van der Waals surface area contributed by atoms with Crippen LogP contribution in [0.5, 0.6) is 0 Å². The summed E-state index contributed by atoms with van der Waals surface area (Å²) in [6, 6.07) is 6.92. The number of nitriles is 1. The van der Waals surface area contributed by atoms with E-state index >= 15 is 0 Å². The molecule has 1 aromatic heterocycles. The summed E-state index contributed by atoms with van der Waals surface area (Å²) in [4.78, 5) is 4.01. The van der Waals surface area contributed by atoms with E-state index in [2.05, 4.69) is 11.1 Å². The molecule has 1 atom stereocenters. The molecule has 74 valence electrons. The third kappa shape index (κ3) is 1.55. The Morgan fingerprint density at radius 2 is 2.20 bits per heavy atom. The van der Waals surface area contributed by atoms with Crippen LogP contribution in [0.4, 0.5) is 4.39 Å². The van der Waals surface area contributed by atoms with E-state index in [1.165, 1.54) is 6.07 Å². The molecule has 0 aliphatic heterocycles. The minimum absolute atomic E-state index is 0.299. The van der Waals surface area contributed by atoms with Crippen molar-refractivity contribution in [3.05, 3.63) is 42.0 Å². The van der Waals surface area contributed by atoms with Gasteiger partial charge in [0.2, 0.25) is 0 Å². The van der Waals surface area contributed by atoms with E-state index in [4.69, 9.17) is 5.26 Å². The number of hydrogen-bond acceptors (Lipinski definition) is 2. The van der Waals surface area contributed by atoms with Crippen molar-refractivity contribution in [2.24, 2.45) is 0 Å². The summed E-state index contributed by atoms with van der Waals surface area (Å²) in [5.74, 6) is -0.648. The smallest absolute Gasteiger partial charge is 0.131 e. The number of nitrogens with zero attached hydrogens (tertiary/aromatic N) is 2. The number of halogens is 1. The first-order valence-corrected chi connectivity index (χ1v) is 4.66. The first-order valence-electron chi connectivity index (χ1n) is 4.66. The first-order chi connectivity index (χ1) is 7.24. The third-order valence-electron chi connectivity index (χ3n) is 2.42. The molecule has 3 heteroatoms. The molecule has 2 nitrogen and oxygen atoms in total. The minimum atomic E-state index is -0.349. The summed E-state index contributed by atoms with van der Waals surface area (Å²) >= 11 is 0. The highest BCUT2D eigenvalue weighted by Crippen LogP contribution is 2.26. The second kappa shape index (κ2) is 3.66. The van der Waals surface area contributed by atoms with Crippen LogP contribution in [0.3, 0.4) is 0 Å². The number of benzene rings is 1. The number of pyridine rings is 1. The fourth-order valence-corrected chi connectivity index (χ4v) is 1.61. The molecule has 15 heavy (non-hydrogen) atoms. The molecule has 0 fully saturated rings. The fraction of sp³-hybridized carbons (Fsp3) is 0.167. The van der Waals surface area contributed by atoms with Crippen LogP contribution < -0.4 is 0 Å². The highest BCUT2D eigenvalue weighted by molar-refractivity contribution is 5.86. The maximum atomic E-state index is 13.6. The monoisotopic (exact) mass is 200 g/mol. The molecule has 0 saturated carbocycles.